The van der Waals surface area contributed by atoms with Gasteiger partial charge in [0.2, 0.25) is 0 Å². The van der Waals surface area contributed by atoms with Crippen LogP contribution in [0.3, 0.4) is 0 Å². The summed E-state index contributed by atoms with van der Waals surface area (Å²) in [5, 5.41) is 12.5. The summed E-state index contributed by atoms with van der Waals surface area (Å²) < 4.78 is 13.2. The second kappa shape index (κ2) is 7.69. The molecule has 28 heavy (non-hydrogen) atoms. The quantitative estimate of drug-likeness (QED) is 0.537. The Morgan fingerprint density at radius 2 is 2.04 bits per heavy atom. The van der Waals surface area contributed by atoms with Gasteiger partial charge in [-0.1, -0.05) is 6.07 Å². The first-order valence-electron chi connectivity index (χ1n) is 8.56. The van der Waals surface area contributed by atoms with E-state index in [1.807, 2.05) is 25.1 Å². The molecule has 0 saturated heterocycles. The lowest BCUT2D eigenvalue weighted by Gasteiger charge is -2.03. The van der Waals surface area contributed by atoms with Crippen LogP contribution in [0, 0.1) is 12.7 Å². The molecule has 0 bridgehead atoms. The highest BCUT2D eigenvalue weighted by molar-refractivity contribution is 7.13. The third-order valence-corrected chi connectivity index (χ3v) is 5.03. The molecule has 140 valence electrons. The molecule has 1 amide bonds. The van der Waals surface area contributed by atoms with E-state index in [2.05, 4.69) is 25.5 Å². The highest BCUT2D eigenvalue weighted by atomic mass is 32.1. The van der Waals surface area contributed by atoms with Gasteiger partial charge in [0.05, 0.1) is 17.8 Å². The SMILES string of the molecule is Cc1[nH]nc(-c2ccc(F)cc2)c1-c1nc(C(=O)NCc2ccccn2)cs1. The molecular formula is C20H16FN5OS. The van der Waals surface area contributed by atoms with Crippen LogP contribution in [0.2, 0.25) is 0 Å². The number of pyridine rings is 1. The molecular weight excluding hydrogens is 377 g/mol. The summed E-state index contributed by atoms with van der Waals surface area (Å²) in [6.45, 7) is 2.22. The smallest absolute Gasteiger partial charge is 0.271 e. The van der Waals surface area contributed by atoms with Gasteiger partial charge >= 0.3 is 0 Å². The third kappa shape index (κ3) is 3.67. The van der Waals surface area contributed by atoms with Crippen molar-refractivity contribution in [2.24, 2.45) is 0 Å². The van der Waals surface area contributed by atoms with Crippen LogP contribution in [0.4, 0.5) is 4.39 Å². The van der Waals surface area contributed by atoms with Crippen molar-refractivity contribution in [3.8, 4) is 21.8 Å². The fraction of sp³-hybridized carbons (Fsp3) is 0.100. The number of nitrogens with zero attached hydrogens (tertiary/aromatic N) is 3. The minimum atomic E-state index is -0.307. The molecule has 8 heteroatoms. The standard InChI is InChI=1S/C20H16FN5OS/c1-12-17(18(26-25-12)13-5-7-14(21)8-6-13)20-24-16(11-28-20)19(27)23-10-15-4-2-3-9-22-15/h2-9,11H,10H2,1H3,(H,23,27)(H,25,26). The molecule has 0 aliphatic rings. The van der Waals surface area contributed by atoms with Crippen LogP contribution in [-0.4, -0.2) is 26.1 Å². The van der Waals surface area contributed by atoms with Crippen LogP contribution in [0.15, 0.2) is 54.0 Å². The fourth-order valence-electron chi connectivity index (χ4n) is 2.76. The first-order valence-corrected chi connectivity index (χ1v) is 9.44. The van der Waals surface area contributed by atoms with E-state index >= 15 is 0 Å². The van der Waals surface area contributed by atoms with Gasteiger partial charge in [-0.2, -0.15) is 5.10 Å². The van der Waals surface area contributed by atoms with E-state index < -0.39 is 0 Å². The molecule has 0 aliphatic heterocycles. The zero-order valence-electron chi connectivity index (χ0n) is 14.9. The van der Waals surface area contributed by atoms with E-state index in [-0.39, 0.29) is 11.7 Å². The summed E-state index contributed by atoms with van der Waals surface area (Å²) in [5.41, 5.74) is 4.19. The highest BCUT2D eigenvalue weighted by Crippen LogP contribution is 2.34. The van der Waals surface area contributed by atoms with Crippen LogP contribution < -0.4 is 5.32 Å². The summed E-state index contributed by atoms with van der Waals surface area (Å²) in [6, 6.07) is 11.7. The Morgan fingerprint density at radius 3 is 2.79 bits per heavy atom. The van der Waals surface area contributed by atoms with Gasteiger partial charge in [0.1, 0.15) is 22.2 Å². The third-order valence-electron chi connectivity index (χ3n) is 4.17. The van der Waals surface area contributed by atoms with Gasteiger partial charge in [-0.15, -0.1) is 11.3 Å². The van der Waals surface area contributed by atoms with Gasteiger partial charge < -0.3 is 5.32 Å². The number of benzene rings is 1. The summed E-state index contributed by atoms with van der Waals surface area (Å²) in [5.74, 6) is -0.573. The van der Waals surface area contributed by atoms with Crippen molar-refractivity contribution in [2.75, 3.05) is 0 Å². The second-order valence-electron chi connectivity index (χ2n) is 6.12. The molecule has 0 radical (unpaired) electrons. The number of aromatic amines is 1. The fourth-order valence-corrected chi connectivity index (χ4v) is 3.67. The van der Waals surface area contributed by atoms with E-state index in [4.69, 9.17) is 0 Å². The Kier molecular flexibility index (Phi) is 4.94. The van der Waals surface area contributed by atoms with E-state index in [0.717, 1.165) is 22.5 Å². The summed E-state index contributed by atoms with van der Waals surface area (Å²) >= 11 is 1.36. The van der Waals surface area contributed by atoms with Gasteiger partial charge in [0, 0.05) is 22.8 Å². The van der Waals surface area contributed by atoms with Crippen molar-refractivity contribution >= 4 is 17.2 Å². The molecule has 1 aromatic carbocycles. The minimum absolute atomic E-state index is 0.266. The van der Waals surface area contributed by atoms with Crippen molar-refractivity contribution < 1.29 is 9.18 Å². The number of aromatic nitrogens is 4. The number of H-pyrrole nitrogens is 1. The van der Waals surface area contributed by atoms with Gasteiger partial charge in [0.15, 0.2) is 0 Å². The number of aryl methyl sites for hydroxylation is 1. The van der Waals surface area contributed by atoms with E-state index in [1.54, 1.807) is 23.7 Å². The molecule has 0 fully saturated rings. The number of halogens is 1. The van der Waals surface area contributed by atoms with Crippen molar-refractivity contribution in [3.05, 3.63) is 76.9 Å². The minimum Gasteiger partial charge on any atom is -0.345 e. The van der Waals surface area contributed by atoms with E-state index in [1.165, 1.54) is 23.5 Å². The number of carbonyl (C=O) groups is 1. The van der Waals surface area contributed by atoms with Crippen LogP contribution in [-0.2, 0) is 6.54 Å². The van der Waals surface area contributed by atoms with E-state index in [0.29, 0.717) is 22.9 Å². The van der Waals surface area contributed by atoms with Crippen LogP contribution in [0.5, 0.6) is 0 Å². The number of hydrogen-bond donors (Lipinski definition) is 2. The number of carbonyl (C=O) groups excluding carboxylic acids is 1. The first kappa shape index (κ1) is 18.0. The molecule has 4 aromatic rings. The molecule has 3 aromatic heterocycles. The topological polar surface area (TPSA) is 83.6 Å². The number of amides is 1. The Balaban J connectivity index is 1.57. The Bertz CT molecular complexity index is 1110. The second-order valence-corrected chi connectivity index (χ2v) is 6.98. The molecule has 0 saturated carbocycles. The van der Waals surface area contributed by atoms with Crippen molar-refractivity contribution in [1.29, 1.82) is 0 Å². The maximum atomic E-state index is 13.2. The van der Waals surface area contributed by atoms with E-state index in [9.17, 15) is 9.18 Å². The average molecular weight is 393 g/mol. The predicted octanol–water partition coefficient (Wildman–Crippen LogP) is 3.97. The molecule has 3 heterocycles. The van der Waals surface area contributed by atoms with Crippen LogP contribution in [0.1, 0.15) is 21.9 Å². The average Bonchev–Trinajstić information content (AvgIpc) is 3.34. The Morgan fingerprint density at radius 1 is 1.21 bits per heavy atom. The highest BCUT2D eigenvalue weighted by Gasteiger charge is 2.19. The van der Waals surface area contributed by atoms with Gasteiger partial charge in [-0.3, -0.25) is 14.9 Å². The first-order chi connectivity index (χ1) is 13.6. The molecule has 0 atom stereocenters. The maximum Gasteiger partial charge on any atom is 0.271 e. The van der Waals surface area contributed by atoms with Crippen LogP contribution in [0.25, 0.3) is 21.8 Å². The zero-order valence-corrected chi connectivity index (χ0v) is 15.8. The van der Waals surface area contributed by atoms with Gasteiger partial charge in [0.25, 0.3) is 5.91 Å². The maximum absolute atomic E-state index is 13.2. The lowest BCUT2D eigenvalue weighted by atomic mass is 10.1. The molecule has 0 aliphatic carbocycles. The lowest BCUT2D eigenvalue weighted by molar-refractivity contribution is 0.0946. The molecule has 2 N–H and O–H groups in total. The monoisotopic (exact) mass is 393 g/mol. The summed E-state index contributed by atoms with van der Waals surface area (Å²) in [7, 11) is 0. The predicted molar refractivity (Wildman–Crippen MR) is 105 cm³/mol. The lowest BCUT2D eigenvalue weighted by Crippen LogP contribution is -2.23. The molecule has 4 rings (SSSR count). The Hall–Kier alpha value is -3.39. The number of rotatable bonds is 5. The van der Waals surface area contributed by atoms with Crippen molar-refractivity contribution in [3.63, 3.8) is 0 Å². The number of hydrogen-bond acceptors (Lipinski definition) is 5. The molecule has 6 nitrogen and oxygen atoms in total. The van der Waals surface area contributed by atoms with Crippen molar-refractivity contribution in [1.82, 2.24) is 25.5 Å². The van der Waals surface area contributed by atoms with Crippen LogP contribution >= 0.6 is 11.3 Å². The molecule has 0 spiro atoms. The molecule has 0 unspecified atom stereocenters. The largest absolute Gasteiger partial charge is 0.345 e. The summed E-state index contributed by atoms with van der Waals surface area (Å²) in [6.07, 6.45) is 1.68. The van der Waals surface area contributed by atoms with Crippen molar-refractivity contribution in [2.45, 2.75) is 13.5 Å². The Labute approximate surface area is 164 Å². The van der Waals surface area contributed by atoms with Gasteiger partial charge in [-0.05, 0) is 43.3 Å². The zero-order chi connectivity index (χ0) is 19.5. The summed E-state index contributed by atoms with van der Waals surface area (Å²) in [4.78, 5) is 21.1. The number of thiazole rings is 1. The normalized spacial score (nSPS) is 10.8. The number of nitrogens with one attached hydrogen (secondary N) is 2. The van der Waals surface area contributed by atoms with Gasteiger partial charge in [-0.25, -0.2) is 9.37 Å².